The van der Waals surface area contributed by atoms with E-state index in [1.807, 2.05) is 12.1 Å². The van der Waals surface area contributed by atoms with Crippen LogP contribution in [0.3, 0.4) is 0 Å². The van der Waals surface area contributed by atoms with Crippen LogP contribution in [0.15, 0.2) is 18.2 Å². The van der Waals surface area contributed by atoms with Crippen molar-refractivity contribution in [3.8, 4) is 28.8 Å². The van der Waals surface area contributed by atoms with E-state index in [2.05, 4.69) is 23.3 Å². The summed E-state index contributed by atoms with van der Waals surface area (Å²) in [5.74, 6) is 1.33. The monoisotopic (exact) mass is 300 g/mol. The third-order valence-electron chi connectivity index (χ3n) is 3.44. The maximum atomic E-state index is 9.29. The number of aromatic nitrogens is 3. The van der Waals surface area contributed by atoms with Crippen LogP contribution in [0.25, 0.3) is 11.3 Å². The van der Waals surface area contributed by atoms with Crippen LogP contribution in [0.4, 0.5) is 0 Å². The molecule has 0 bridgehead atoms. The summed E-state index contributed by atoms with van der Waals surface area (Å²) in [6.45, 7) is 2.88. The van der Waals surface area contributed by atoms with Gasteiger partial charge in [0.2, 0.25) is 0 Å². The minimum Gasteiger partial charge on any atom is -0.497 e. The van der Waals surface area contributed by atoms with Crippen LogP contribution in [0.2, 0.25) is 0 Å². The first-order chi connectivity index (χ1) is 10.7. The molecule has 116 valence electrons. The Morgan fingerprint density at radius 3 is 2.36 bits per heavy atom. The van der Waals surface area contributed by atoms with Gasteiger partial charge in [0, 0.05) is 18.2 Å². The van der Waals surface area contributed by atoms with Gasteiger partial charge in [-0.15, -0.1) is 5.10 Å². The van der Waals surface area contributed by atoms with Gasteiger partial charge in [0.15, 0.2) is 5.69 Å². The summed E-state index contributed by atoms with van der Waals surface area (Å²) in [5, 5.41) is 17.4. The van der Waals surface area contributed by atoms with Gasteiger partial charge in [-0.3, -0.25) is 0 Å². The molecule has 0 amide bonds. The number of rotatable bonds is 7. The van der Waals surface area contributed by atoms with Gasteiger partial charge in [-0.25, -0.2) is 4.68 Å². The van der Waals surface area contributed by atoms with Crippen LogP contribution in [-0.4, -0.2) is 29.2 Å². The topological polar surface area (TPSA) is 73.0 Å². The van der Waals surface area contributed by atoms with Crippen LogP contribution in [0.1, 0.15) is 31.9 Å². The van der Waals surface area contributed by atoms with Gasteiger partial charge < -0.3 is 9.47 Å². The predicted molar refractivity (Wildman–Crippen MR) is 82.8 cm³/mol. The zero-order valence-corrected chi connectivity index (χ0v) is 13.2. The lowest BCUT2D eigenvalue weighted by atomic mass is 10.1. The molecule has 0 saturated heterocycles. The van der Waals surface area contributed by atoms with Crippen molar-refractivity contribution in [1.29, 1.82) is 5.26 Å². The van der Waals surface area contributed by atoms with E-state index in [-0.39, 0.29) is 0 Å². The summed E-state index contributed by atoms with van der Waals surface area (Å²) in [6, 6.07) is 7.62. The van der Waals surface area contributed by atoms with Gasteiger partial charge in [0.1, 0.15) is 23.3 Å². The van der Waals surface area contributed by atoms with Crippen molar-refractivity contribution in [2.24, 2.45) is 0 Å². The molecule has 0 unspecified atom stereocenters. The second-order valence-corrected chi connectivity index (χ2v) is 4.93. The first-order valence-corrected chi connectivity index (χ1v) is 7.30. The summed E-state index contributed by atoms with van der Waals surface area (Å²) in [6.07, 6.45) is 3.24. The van der Waals surface area contributed by atoms with E-state index in [4.69, 9.17) is 9.47 Å². The average molecular weight is 300 g/mol. The van der Waals surface area contributed by atoms with E-state index in [0.717, 1.165) is 31.4 Å². The van der Waals surface area contributed by atoms with Crippen LogP contribution < -0.4 is 9.47 Å². The molecule has 1 aromatic carbocycles. The van der Waals surface area contributed by atoms with Gasteiger partial charge in [-0.1, -0.05) is 25.0 Å². The number of hydrogen-bond acceptors (Lipinski definition) is 5. The highest BCUT2D eigenvalue weighted by molar-refractivity contribution is 5.68. The predicted octanol–water partition coefficient (Wildman–Crippen LogP) is 3.02. The Balaban J connectivity index is 2.46. The molecule has 22 heavy (non-hydrogen) atoms. The van der Waals surface area contributed by atoms with E-state index < -0.39 is 0 Å². The Bertz CT molecular complexity index is 651. The number of benzene rings is 1. The van der Waals surface area contributed by atoms with E-state index in [0.29, 0.717) is 22.9 Å². The molecular weight excluding hydrogens is 280 g/mol. The lowest BCUT2D eigenvalue weighted by molar-refractivity contribution is 0.394. The SMILES string of the molecule is CCCCCn1nnc(C#N)c1-c1cc(OC)cc(OC)c1. The lowest BCUT2D eigenvalue weighted by Crippen LogP contribution is -2.03. The molecule has 0 atom stereocenters. The fraction of sp³-hybridized carbons (Fsp3) is 0.438. The number of hydrogen-bond donors (Lipinski definition) is 0. The van der Waals surface area contributed by atoms with Crippen LogP contribution in [0.5, 0.6) is 11.5 Å². The highest BCUT2D eigenvalue weighted by Gasteiger charge is 2.16. The van der Waals surface area contributed by atoms with Gasteiger partial charge in [-0.2, -0.15) is 5.26 Å². The Morgan fingerprint density at radius 1 is 1.14 bits per heavy atom. The summed E-state index contributed by atoms with van der Waals surface area (Å²) in [7, 11) is 3.20. The molecule has 0 N–H and O–H groups in total. The molecular formula is C16H20N4O2. The second kappa shape index (κ2) is 7.46. The van der Waals surface area contributed by atoms with Crippen LogP contribution >= 0.6 is 0 Å². The Kier molecular flexibility index (Phi) is 5.37. The molecule has 2 rings (SSSR count). The highest BCUT2D eigenvalue weighted by atomic mass is 16.5. The van der Waals surface area contributed by atoms with Crippen molar-refractivity contribution >= 4 is 0 Å². The molecule has 1 heterocycles. The number of nitrogens with zero attached hydrogens (tertiary/aromatic N) is 4. The third-order valence-corrected chi connectivity index (χ3v) is 3.44. The molecule has 6 heteroatoms. The zero-order valence-electron chi connectivity index (χ0n) is 13.2. The zero-order chi connectivity index (χ0) is 15.9. The number of unbranched alkanes of at least 4 members (excludes halogenated alkanes) is 2. The van der Waals surface area contributed by atoms with Gasteiger partial charge in [-0.05, 0) is 18.6 Å². The van der Waals surface area contributed by atoms with E-state index >= 15 is 0 Å². The van der Waals surface area contributed by atoms with Gasteiger partial charge >= 0.3 is 0 Å². The normalized spacial score (nSPS) is 10.3. The molecule has 1 aromatic heterocycles. The van der Waals surface area contributed by atoms with Crippen molar-refractivity contribution in [2.75, 3.05) is 14.2 Å². The number of ether oxygens (including phenoxy) is 2. The smallest absolute Gasteiger partial charge is 0.190 e. The molecule has 0 aliphatic heterocycles. The number of nitriles is 1. The minimum atomic E-state index is 0.312. The minimum absolute atomic E-state index is 0.312. The Morgan fingerprint density at radius 2 is 1.82 bits per heavy atom. The lowest BCUT2D eigenvalue weighted by Gasteiger charge is -2.10. The van der Waals surface area contributed by atoms with E-state index in [9.17, 15) is 5.26 Å². The van der Waals surface area contributed by atoms with Crippen LogP contribution in [-0.2, 0) is 6.54 Å². The fourth-order valence-electron chi connectivity index (χ4n) is 2.29. The van der Waals surface area contributed by atoms with Crippen molar-refractivity contribution in [1.82, 2.24) is 15.0 Å². The van der Waals surface area contributed by atoms with Gasteiger partial charge in [0.25, 0.3) is 0 Å². The van der Waals surface area contributed by atoms with E-state index in [1.54, 1.807) is 25.0 Å². The highest BCUT2D eigenvalue weighted by Crippen LogP contribution is 2.31. The standard InChI is InChI=1S/C16H20N4O2/c1-4-5-6-7-20-16(15(11-17)18-19-20)12-8-13(21-2)10-14(9-12)22-3/h8-10H,4-7H2,1-3H3. The average Bonchev–Trinajstić information content (AvgIpc) is 2.97. The van der Waals surface area contributed by atoms with Crippen LogP contribution in [0, 0.1) is 11.3 Å². The van der Waals surface area contributed by atoms with Crippen molar-refractivity contribution in [3.63, 3.8) is 0 Å². The van der Waals surface area contributed by atoms with Crippen molar-refractivity contribution < 1.29 is 9.47 Å². The second-order valence-electron chi connectivity index (χ2n) is 4.93. The maximum absolute atomic E-state index is 9.29. The molecule has 0 aliphatic carbocycles. The largest absolute Gasteiger partial charge is 0.497 e. The quantitative estimate of drug-likeness (QED) is 0.735. The molecule has 0 saturated carbocycles. The molecule has 0 spiro atoms. The molecule has 0 fully saturated rings. The third kappa shape index (κ3) is 3.37. The first kappa shape index (κ1) is 15.8. The summed E-state index contributed by atoms with van der Waals surface area (Å²) in [5.41, 5.74) is 1.83. The fourth-order valence-corrected chi connectivity index (χ4v) is 2.29. The van der Waals surface area contributed by atoms with Crippen molar-refractivity contribution in [2.45, 2.75) is 32.7 Å². The molecule has 0 aliphatic rings. The molecule has 6 nitrogen and oxygen atoms in total. The Labute approximate surface area is 130 Å². The summed E-state index contributed by atoms with van der Waals surface area (Å²) >= 11 is 0. The Hall–Kier alpha value is -2.55. The molecule has 2 aromatic rings. The number of aryl methyl sites for hydroxylation is 1. The number of methoxy groups -OCH3 is 2. The van der Waals surface area contributed by atoms with Crippen molar-refractivity contribution in [3.05, 3.63) is 23.9 Å². The maximum Gasteiger partial charge on any atom is 0.190 e. The van der Waals surface area contributed by atoms with Gasteiger partial charge in [0.05, 0.1) is 14.2 Å². The summed E-state index contributed by atoms with van der Waals surface area (Å²) in [4.78, 5) is 0. The summed E-state index contributed by atoms with van der Waals surface area (Å²) < 4.78 is 12.4. The first-order valence-electron chi connectivity index (χ1n) is 7.30. The molecule has 0 radical (unpaired) electrons. The van der Waals surface area contributed by atoms with E-state index in [1.165, 1.54) is 0 Å².